The molecule has 0 aliphatic carbocycles. The van der Waals surface area contributed by atoms with Crippen molar-refractivity contribution in [3.8, 4) is 0 Å². The number of fused-ring (bicyclic) bond motifs is 2. The Morgan fingerprint density at radius 2 is 1.87 bits per heavy atom. The number of piperazine rings is 1. The average Bonchev–Trinajstić information content (AvgIpc) is 3.36. The Morgan fingerprint density at radius 1 is 1.13 bits per heavy atom. The average molecular weight is 431 g/mol. The predicted octanol–water partition coefficient (Wildman–Crippen LogP) is 1.63. The Kier molecular flexibility index (Phi) is 5.97. The summed E-state index contributed by atoms with van der Waals surface area (Å²) in [5.74, 6) is 0.573. The summed E-state index contributed by atoms with van der Waals surface area (Å²) in [6.07, 6.45) is 5.49. The van der Waals surface area contributed by atoms with Gasteiger partial charge in [0.25, 0.3) is 5.91 Å². The molecule has 0 spiro atoms. The normalized spacial score (nSPS) is 25.9. The molecule has 2 bridgehead atoms. The van der Waals surface area contributed by atoms with Crippen molar-refractivity contribution < 1.29 is 14.4 Å². The lowest BCUT2D eigenvalue weighted by atomic mass is 9.87. The fourth-order valence-electron chi connectivity index (χ4n) is 4.71. The smallest absolute Gasteiger partial charge is 0.264 e. The zero-order valence-electron chi connectivity index (χ0n) is 17.9. The van der Waals surface area contributed by atoms with Crippen LogP contribution in [0.15, 0.2) is 24.3 Å². The molecule has 7 nitrogen and oxygen atoms in total. The van der Waals surface area contributed by atoms with E-state index in [2.05, 4.69) is 0 Å². The van der Waals surface area contributed by atoms with Crippen molar-refractivity contribution in [1.82, 2.24) is 19.6 Å². The molecular weight excluding hydrogens is 400 g/mol. The first-order valence-corrected chi connectivity index (χ1v) is 11.4. The van der Waals surface area contributed by atoms with Crippen molar-refractivity contribution in [2.24, 2.45) is 0 Å². The van der Waals surface area contributed by atoms with E-state index >= 15 is 0 Å². The third-order valence-corrected chi connectivity index (χ3v) is 7.58. The SMILES string of the molecule is CC(=O)N1CCC(c2ccc(C(=O)N3CC4CC(C3)N4C(=O)/C=C/CN(C)C)s2)C1. The number of piperidine rings is 1. The second kappa shape index (κ2) is 8.51. The first kappa shape index (κ1) is 21.1. The van der Waals surface area contributed by atoms with Crippen LogP contribution in [-0.2, 0) is 9.59 Å². The van der Waals surface area contributed by atoms with E-state index in [4.69, 9.17) is 0 Å². The summed E-state index contributed by atoms with van der Waals surface area (Å²) in [5.41, 5.74) is 0. The Balaban J connectivity index is 1.33. The molecule has 8 heteroatoms. The Hall–Kier alpha value is -2.19. The van der Waals surface area contributed by atoms with Gasteiger partial charge in [0.1, 0.15) is 0 Å². The van der Waals surface area contributed by atoms with Gasteiger partial charge >= 0.3 is 0 Å². The first-order chi connectivity index (χ1) is 14.3. The van der Waals surface area contributed by atoms with Crippen LogP contribution in [-0.4, -0.2) is 96.2 Å². The maximum Gasteiger partial charge on any atom is 0.264 e. The molecule has 0 N–H and O–H groups in total. The van der Waals surface area contributed by atoms with Crippen molar-refractivity contribution in [1.29, 1.82) is 0 Å². The number of likely N-dealkylation sites (N-methyl/N-ethyl adjacent to an activating group) is 1. The van der Waals surface area contributed by atoms with Crippen molar-refractivity contribution in [2.45, 2.75) is 37.8 Å². The van der Waals surface area contributed by atoms with E-state index < -0.39 is 0 Å². The number of carbonyl (C=O) groups excluding carboxylic acids is 3. The lowest BCUT2D eigenvalue weighted by Gasteiger charge is -2.55. The molecule has 0 aromatic carbocycles. The highest BCUT2D eigenvalue weighted by atomic mass is 32.1. The van der Waals surface area contributed by atoms with Crippen LogP contribution in [0.25, 0.3) is 0 Å². The van der Waals surface area contributed by atoms with Crippen LogP contribution in [0.2, 0.25) is 0 Å². The summed E-state index contributed by atoms with van der Waals surface area (Å²) in [5, 5.41) is 0. The van der Waals surface area contributed by atoms with E-state index in [0.29, 0.717) is 19.0 Å². The van der Waals surface area contributed by atoms with Crippen LogP contribution in [0.1, 0.15) is 40.2 Å². The topological polar surface area (TPSA) is 64.2 Å². The molecule has 5 rings (SSSR count). The molecule has 4 fully saturated rings. The zero-order valence-corrected chi connectivity index (χ0v) is 18.7. The van der Waals surface area contributed by atoms with Gasteiger partial charge in [0.2, 0.25) is 11.8 Å². The number of thiophene rings is 1. The summed E-state index contributed by atoms with van der Waals surface area (Å²) in [7, 11) is 3.94. The Morgan fingerprint density at radius 3 is 2.50 bits per heavy atom. The summed E-state index contributed by atoms with van der Waals surface area (Å²) in [4.78, 5) is 46.8. The van der Waals surface area contributed by atoms with Gasteiger partial charge in [-0.2, -0.15) is 0 Å². The van der Waals surface area contributed by atoms with Gasteiger partial charge in [-0.15, -0.1) is 11.3 Å². The number of hydrogen-bond donors (Lipinski definition) is 0. The number of nitrogens with zero attached hydrogens (tertiary/aromatic N) is 4. The fraction of sp³-hybridized carbons (Fsp3) is 0.591. The fourth-order valence-corrected chi connectivity index (χ4v) is 5.81. The number of likely N-dealkylation sites (tertiary alicyclic amines) is 1. The number of amides is 3. The molecule has 5 heterocycles. The number of hydrogen-bond acceptors (Lipinski definition) is 5. The van der Waals surface area contributed by atoms with Crippen molar-refractivity contribution in [2.75, 3.05) is 46.8 Å². The van der Waals surface area contributed by atoms with Crippen LogP contribution in [0.4, 0.5) is 0 Å². The van der Waals surface area contributed by atoms with E-state index in [9.17, 15) is 14.4 Å². The summed E-state index contributed by atoms with van der Waals surface area (Å²) in [6, 6.07) is 4.22. The maximum atomic E-state index is 13.0. The number of carbonyl (C=O) groups is 3. The standard InChI is InChI=1S/C22H30N4O3S/c1-15(27)24-10-8-16(12-24)19-6-7-20(30-19)22(29)25-13-17-11-18(14-25)26(17)21(28)5-4-9-23(2)3/h4-7,16-18H,8-14H2,1-3H3/b5-4+. The van der Waals surface area contributed by atoms with Crippen LogP contribution in [0, 0.1) is 0 Å². The molecule has 0 radical (unpaired) electrons. The molecule has 0 saturated carbocycles. The van der Waals surface area contributed by atoms with E-state index in [1.165, 1.54) is 4.88 Å². The Bertz CT molecular complexity index is 852. The van der Waals surface area contributed by atoms with E-state index in [1.54, 1.807) is 24.3 Å². The first-order valence-electron chi connectivity index (χ1n) is 10.6. The minimum Gasteiger partial charge on any atom is -0.342 e. The van der Waals surface area contributed by atoms with E-state index in [0.717, 1.165) is 37.4 Å². The maximum absolute atomic E-state index is 13.0. The highest BCUT2D eigenvalue weighted by molar-refractivity contribution is 7.14. The molecule has 30 heavy (non-hydrogen) atoms. The third-order valence-electron chi connectivity index (χ3n) is 6.34. The molecule has 3 unspecified atom stereocenters. The van der Waals surface area contributed by atoms with Gasteiger partial charge in [0.15, 0.2) is 0 Å². The lowest BCUT2D eigenvalue weighted by Crippen LogP contribution is -2.70. The zero-order chi connectivity index (χ0) is 21.4. The van der Waals surface area contributed by atoms with Crippen LogP contribution >= 0.6 is 11.3 Å². The monoisotopic (exact) mass is 430 g/mol. The molecule has 3 atom stereocenters. The molecule has 1 aromatic rings. The van der Waals surface area contributed by atoms with Gasteiger partial charge < -0.3 is 19.6 Å². The van der Waals surface area contributed by atoms with Crippen LogP contribution in [0.3, 0.4) is 0 Å². The van der Waals surface area contributed by atoms with Crippen molar-refractivity contribution in [3.63, 3.8) is 0 Å². The molecule has 1 aromatic heterocycles. The van der Waals surface area contributed by atoms with Crippen LogP contribution < -0.4 is 0 Å². The van der Waals surface area contributed by atoms with Gasteiger partial charge in [-0.05, 0) is 39.1 Å². The summed E-state index contributed by atoms with van der Waals surface area (Å²) < 4.78 is 0. The Labute approximate surface area is 181 Å². The number of rotatable bonds is 5. The van der Waals surface area contributed by atoms with Gasteiger partial charge in [-0.3, -0.25) is 14.4 Å². The van der Waals surface area contributed by atoms with Crippen molar-refractivity contribution >= 4 is 29.1 Å². The second-order valence-electron chi connectivity index (χ2n) is 8.82. The van der Waals surface area contributed by atoms with E-state index in [-0.39, 0.29) is 29.8 Å². The molecule has 4 aliphatic heterocycles. The molecule has 4 aliphatic rings. The minimum absolute atomic E-state index is 0.0554. The second-order valence-corrected chi connectivity index (χ2v) is 9.93. The summed E-state index contributed by atoms with van der Waals surface area (Å²) >= 11 is 1.56. The largest absolute Gasteiger partial charge is 0.342 e. The van der Waals surface area contributed by atoms with Crippen molar-refractivity contribution in [3.05, 3.63) is 34.0 Å². The third kappa shape index (κ3) is 4.16. The van der Waals surface area contributed by atoms with E-state index in [1.807, 2.05) is 51.9 Å². The molecule has 3 amide bonds. The molecule has 4 saturated heterocycles. The molecule has 162 valence electrons. The van der Waals surface area contributed by atoms with Gasteiger partial charge in [-0.25, -0.2) is 0 Å². The molecular formula is C22H30N4O3S. The van der Waals surface area contributed by atoms with Gasteiger partial charge in [-0.1, -0.05) is 6.08 Å². The highest BCUT2D eigenvalue weighted by Gasteiger charge is 2.47. The predicted molar refractivity (Wildman–Crippen MR) is 117 cm³/mol. The minimum atomic E-state index is 0.0554. The van der Waals surface area contributed by atoms with Gasteiger partial charge in [0.05, 0.1) is 17.0 Å². The van der Waals surface area contributed by atoms with Gasteiger partial charge in [0, 0.05) is 56.5 Å². The summed E-state index contributed by atoms with van der Waals surface area (Å²) in [6.45, 7) is 5.11. The lowest BCUT2D eigenvalue weighted by molar-refractivity contribution is -0.146. The highest BCUT2D eigenvalue weighted by Crippen LogP contribution is 2.36. The van der Waals surface area contributed by atoms with Crippen LogP contribution in [0.5, 0.6) is 0 Å². The quantitative estimate of drug-likeness (QED) is 0.666.